The average molecular weight is 217 g/mol. The lowest BCUT2D eigenvalue weighted by atomic mass is 10.1. The fraction of sp³-hybridized carbons (Fsp3) is 0.900. The van der Waals surface area contributed by atoms with Crippen LogP contribution in [0.3, 0.4) is 0 Å². The summed E-state index contributed by atoms with van der Waals surface area (Å²) in [7, 11) is 1.66. The van der Waals surface area contributed by atoms with E-state index in [0.717, 1.165) is 6.54 Å². The van der Waals surface area contributed by atoms with Crippen LogP contribution in [0.4, 0.5) is 0 Å². The Morgan fingerprint density at radius 3 is 2.80 bits per heavy atom. The molecule has 15 heavy (non-hydrogen) atoms. The van der Waals surface area contributed by atoms with Gasteiger partial charge in [0, 0.05) is 26.2 Å². The van der Waals surface area contributed by atoms with Gasteiger partial charge in [-0.1, -0.05) is 0 Å². The van der Waals surface area contributed by atoms with Gasteiger partial charge in [-0.2, -0.15) is 0 Å². The van der Waals surface area contributed by atoms with Gasteiger partial charge < -0.3 is 14.6 Å². The van der Waals surface area contributed by atoms with Gasteiger partial charge in [0.05, 0.1) is 12.7 Å². The zero-order valence-electron chi connectivity index (χ0n) is 9.47. The number of rotatable bonds is 4. The van der Waals surface area contributed by atoms with Crippen LogP contribution >= 0.6 is 0 Å². The first-order chi connectivity index (χ1) is 7.06. The van der Waals surface area contributed by atoms with Crippen molar-refractivity contribution < 1.29 is 19.4 Å². The largest absolute Gasteiger partial charge is 0.479 e. The van der Waals surface area contributed by atoms with E-state index in [1.165, 1.54) is 0 Å². The van der Waals surface area contributed by atoms with Crippen LogP contribution in [-0.4, -0.2) is 61.0 Å². The van der Waals surface area contributed by atoms with Gasteiger partial charge in [0.2, 0.25) is 0 Å². The van der Waals surface area contributed by atoms with Crippen molar-refractivity contribution in [3.8, 4) is 0 Å². The van der Waals surface area contributed by atoms with Crippen molar-refractivity contribution in [2.75, 3.05) is 26.8 Å². The van der Waals surface area contributed by atoms with E-state index < -0.39 is 12.1 Å². The summed E-state index contributed by atoms with van der Waals surface area (Å²) >= 11 is 0. The van der Waals surface area contributed by atoms with Crippen molar-refractivity contribution in [3.63, 3.8) is 0 Å². The van der Waals surface area contributed by atoms with Crippen LogP contribution in [0.15, 0.2) is 0 Å². The molecule has 0 radical (unpaired) electrons. The number of ether oxygens (including phenoxy) is 2. The van der Waals surface area contributed by atoms with Gasteiger partial charge in [0.1, 0.15) is 0 Å². The van der Waals surface area contributed by atoms with E-state index in [-0.39, 0.29) is 12.1 Å². The molecule has 0 aliphatic carbocycles. The van der Waals surface area contributed by atoms with E-state index in [4.69, 9.17) is 14.6 Å². The van der Waals surface area contributed by atoms with Crippen LogP contribution in [0.25, 0.3) is 0 Å². The Balaban J connectivity index is 2.52. The van der Waals surface area contributed by atoms with Gasteiger partial charge >= 0.3 is 5.97 Å². The molecule has 0 aromatic rings. The number of hydrogen-bond donors (Lipinski definition) is 1. The molecule has 0 amide bonds. The molecule has 0 aromatic carbocycles. The van der Waals surface area contributed by atoms with Gasteiger partial charge in [-0.05, 0) is 13.8 Å². The van der Waals surface area contributed by atoms with E-state index >= 15 is 0 Å². The molecule has 1 fully saturated rings. The minimum Gasteiger partial charge on any atom is -0.479 e. The first-order valence-corrected chi connectivity index (χ1v) is 5.17. The maximum Gasteiger partial charge on any atom is 0.334 e. The maximum atomic E-state index is 10.8. The molecule has 1 aliphatic rings. The first kappa shape index (κ1) is 12.4. The number of carboxylic acid groups (broad SMARTS) is 1. The van der Waals surface area contributed by atoms with Gasteiger partial charge in [-0.15, -0.1) is 0 Å². The molecule has 0 aromatic heterocycles. The standard InChI is InChI=1S/C10H19NO4/c1-7(8(2)14-3)11-4-5-15-9(6-11)10(12)13/h7-9H,4-6H2,1-3H3,(H,12,13). The molecule has 0 bridgehead atoms. The number of nitrogens with zero attached hydrogens (tertiary/aromatic N) is 1. The van der Waals surface area contributed by atoms with E-state index in [1.54, 1.807) is 7.11 Å². The highest BCUT2D eigenvalue weighted by molar-refractivity contribution is 5.72. The first-order valence-electron chi connectivity index (χ1n) is 5.17. The molecule has 1 aliphatic heterocycles. The van der Waals surface area contributed by atoms with Crippen LogP contribution in [0, 0.1) is 0 Å². The van der Waals surface area contributed by atoms with E-state index in [2.05, 4.69) is 4.90 Å². The summed E-state index contributed by atoms with van der Waals surface area (Å²) in [6, 6.07) is 0.209. The predicted octanol–water partition coefficient (Wildman–Crippen LogP) is 0.195. The number of methoxy groups -OCH3 is 1. The highest BCUT2D eigenvalue weighted by atomic mass is 16.5. The van der Waals surface area contributed by atoms with Crippen molar-refractivity contribution in [1.82, 2.24) is 4.90 Å². The van der Waals surface area contributed by atoms with Crippen molar-refractivity contribution in [1.29, 1.82) is 0 Å². The maximum absolute atomic E-state index is 10.8. The third-order valence-corrected chi connectivity index (χ3v) is 3.00. The second-order valence-electron chi connectivity index (χ2n) is 3.87. The Labute approximate surface area is 90.0 Å². The highest BCUT2D eigenvalue weighted by Gasteiger charge is 2.30. The Morgan fingerprint density at radius 2 is 2.27 bits per heavy atom. The Bertz CT molecular complexity index is 221. The van der Waals surface area contributed by atoms with Crippen molar-refractivity contribution in [2.45, 2.75) is 32.1 Å². The third kappa shape index (κ3) is 3.15. The molecule has 88 valence electrons. The zero-order valence-corrected chi connectivity index (χ0v) is 9.47. The molecule has 5 heteroatoms. The summed E-state index contributed by atoms with van der Waals surface area (Å²) < 4.78 is 10.4. The van der Waals surface area contributed by atoms with E-state index in [1.807, 2.05) is 13.8 Å². The average Bonchev–Trinajstić information content (AvgIpc) is 2.27. The summed E-state index contributed by atoms with van der Waals surface area (Å²) in [5, 5.41) is 8.85. The summed E-state index contributed by atoms with van der Waals surface area (Å²) in [6.07, 6.45) is -0.609. The van der Waals surface area contributed by atoms with Crippen LogP contribution in [0.5, 0.6) is 0 Å². The van der Waals surface area contributed by atoms with Crippen LogP contribution in [0.2, 0.25) is 0 Å². The zero-order chi connectivity index (χ0) is 11.4. The fourth-order valence-electron chi connectivity index (χ4n) is 1.68. The quantitative estimate of drug-likeness (QED) is 0.728. The third-order valence-electron chi connectivity index (χ3n) is 3.00. The lowest BCUT2D eigenvalue weighted by molar-refractivity contribution is -0.158. The number of carbonyl (C=O) groups is 1. The van der Waals surface area contributed by atoms with Crippen molar-refractivity contribution in [3.05, 3.63) is 0 Å². The van der Waals surface area contributed by atoms with Crippen LogP contribution in [-0.2, 0) is 14.3 Å². The number of morpholine rings is 1. The normalized spacial score (nSPS) is 27.3. The summed E-state index contributed by atoms with van der Waals surface area (Å²) in [5.74, 6) is -0.892. The molecular formula is C10H19NO4. The molecule has 3 atom stereocenters. The Morgan fingerprint density at radius 1 is 1.60 bits per heavy atom. The number of hydrogen-bond acceptors (Lipinski definition) is 4. The molecule has 0 spiro atoms. The Hall–Kier alpha value is -0.650. The highest BCUT2D eigenvalue weighted by Crippen LogP contribution is 2.12. The molecule has 3 unspecified atom stereocenters. The topological polar surface area (TPSA) is 59.0 Å². The van der Waals surface area contributed by atoms with Crippen LogP contribution < -0.4 is 0 Å². The second kappa shape index (κ2) is 5.44. The smallest absolute Gasteiger partial charge is 0.334 e. The number of carboxylic acids is 1. The van der Waals surface area contributed by atoms with Crippen molar-refractivity contribution >= 4 is 5.97 Å². The minimum absolute atomic E-state index is 0.0949. The molecule has 1 saturated heterocycles. The van der Waals surface area contributed by atoms with Crippen molar-refractivity contribution in [2.24, 2.45) is 0 Å². The molecule has 0 saturated carbocycles. The monoisotopic (exact) mass is 217 g/mol. The molecule has 1 heterocycles. The SMILES string of the molecule is COC(C)C(C)N1CCOC(C(=O)O)C1. The van der Waals surface area contributed by atoms with Crippen LogP contribution in [0.1, 0.15) is 13.8 Å². The summed E-state index contributed by atoms with van der Waals surface area (Å²) in [4.78, 5) is 12.9. The Kier molecular flexibility index (Phi) is 4.50. The van der Waals surface area contributed by atoms with E-state index in [0.29, 0.717) is 13.2 Å². The van der Waals surface area contributed by atoms with Gasteiger partial charge in [0.15, 0.2) is 6.10 Å². The molecule has 5 nitrogen and oxygen atoms in total. The fourth-order valence-corrected chi connectivity index (χ4v) is 1.68. The summed E-state index contributed by atoms with van der Waals surface area (Å²) in [6.45, 7) is 5.69. The second-order valence-corrected chi connectivity index (χ2v) is 3.87. The molecular weight excluding hydrogens is 198 g/mol. The molecule has 1 rings (SSSR count). The van der Waals surface area contributed by atoms with Gasteiger partial charge in [-0.25, -0.2) is 4.79 Å². The molecule has 1 N–H and O–H groups in total. The predicted molar refractivity (Wildman–Crippen MR) is 54.9 cm³/mol. The van der Waals surface area contributed by atoms with Gasteiger partial charge in [0.25, 0.3) is 0 Å². The number of aliphatic carboxylic acids is 1. The lowest BCUT2D eigenvalue weighted by Crippen LogP contribution is -2.52. The summed E-state index contributed by atoms with van der Waals surface area (Å²) in [5.41, 5.74) is 0. The minimum atomic E-state index is -0.892. The van der Waals surface area contributed by atoms with E-state index in [9.17, 15) is 4.79 Å². The van der Waals surface area contributed by atoms with Gasteiger partial charge in [-0.3, -0.25) is 4.90 Å². The lowest BCUT2D eigenvalue weighted by Gasteiger charge is -2.37.